The lowest BCUT2D eigenvalue weighted by Crippen LogP contribution is -2.23. The van der Waals surface area contributed by atoms with E-state index in [9.17, 15) is 15.0 Å². The highest BCUT2D eigenvalue weighted by Gasteiger charge is 2.18. The molecule has 8 heteroatoms. The number of carboxylic acid groups (broad SMARTS) is 1. The van der Waals surface area contributed by atoms with Crippen LogP contribution in [0.15, 0.2) is 18.2 Å². The van der Waals surface area contributed by atoms with Crippen LogP contribution in [0.3, 0.4) is 0 Å². The minimum absolute atomic E-state index is 0.0729. The van der Waals surface area contributed by atoms with Crippen LogP contribution in [0.25, 0.3) is 0 Å². The van der Waals surface area contributed by atoms with Gasteiger partial charge in [0.25, 0.3) is 0 Å². The second-order valence-corrected chi connectivity index (χ2v) is 7.00. The lowest BCUT2D eigenvalue weighted by Gasteiger charge is -2.21. The van der Waals surface area contributed by atoms with Crippen molar-refractivity contribution in [2.75, 3.05) is 24.8 Å². The summed E-state index contributed by atoms with van der Waals surface area (Å²) in [5.74, 6) is 0.297. The molecule has 2 aromatic rings. The van der Waals surface area contributed by atoms with Gasteiger partial charge in [0, 0.05) is 30.3 Å². The monoisotopic (exact) mass is 402 g/mol. The average molecular weight is 402 g/mol. The summed E-state index contributed by atoms with van der Waals surface area (Å²) < 4.78 is 5.40. The summed E-state index contributed by atoms with van der Waals surface area (Å²) in [5.41, 5.74) is 8.47. The van der Waals surface area contributed by atoms with Gasteiger partial charge in [0.05, 0.1) is 12.7 Å². The van der Waals surface area contributed by atoms with Crippen LogP contribution in [0.4, 0.5) is 11.8 Å². The maximum atomic E-state index is 11.2. The Hall–Kier alpha value is -2.87. The normalized spacial score (nSPS) is 11.9. The fourth-order valence-corrected chi connectivity index (χ4v) is 3.25. The van der Waals surface area contributed by atoms with Crippen molar-refractivity contribution in [2.24, 2.45) is 0 Å². The molecule has 1 unspecified atom stereocenters. The molecular formula is C21H30N4O4. The van der Waals surface area contributed by atoms with Gasteiger partial charge < -0.3 is 26.0 Å². The van der Waals surface area contributed by atoms with Crippen molar-refractivity contribution in [1.82, 2.24) is 9.97 Å². The lowest BCUT2D eigenvalue weighted by molar-refractivity contribution is 0.0696. The van der Waals surface area contributed by atoms with E-state index in [2.05, 4.69) is 22.2 Å². The number of benzene rings is 1. The van der Waals surface area contributed by atoms with Crippen molar-refractivity contribution in [1.29, 1.82) is 0 Å². The van der Waals surface area contributed by atoms with Gasteiger partial charge in [-0.25, -0.2) is 9.78 Å². The highest BCUT2D eigenvalue weighted by Crippen LogP contribution is 2.28. The van der Waals surface area contributed by atoms with Gasteiger partial charge >= 0.3 is 5.97 Å². The number of nitrogens with one attached hydrogen (secondary N) is 1. The number of hydrogen-bond donors (Lipinski definition) is 4. The molecule has 158 valence electrons. The number of aliphatic hydroxyl groups is 1. The second-order valence-electron chi connectivity index (χ2n) is 7.00. The first kappa shape index (κ1) is 22.4. The minimum Gasteiger partial charge on any atom is -0.496 e. The number of aromatic nitrogens is 2. The number of anilines is 2. The topological polar surface area (TPSA) is 131 Å². The van der Waals surface area contributed by atoms with E-state index in [1.165, 1.54) is 13.2 Å². The largest absolute Gasteiger partial charge is 0.496 e. The molecule has 2 rings (SSSR count). The standard InChI is InChI=1S/C21H30N4O4/c1-4-5-6-16(9-10-26)24-19-17(13(2)23-21(22)25-19)11-14-7-8-15(20(27)28)12-18(14)29-3/h7-8,12,16,26H,4-6,9-11H2,1-3H3,(H,27,28)(H3,22,23,24,25). The summed E-state index contributed by atoms with van der Waals surface area (Å²) in [6.07, 6.45) is 4.08. The third-order valence-electron chi connectivity index (χ3n) is 4.86. The van der Waals surface area contributed by atoms with Gasteiger partial charge in [-0.3, -0.25) is 0 Å². The van der Waals surface area contributed by atoms with Gasteiger partial charge in [-0.05, 0) is 37.5 Å². The number of carboxylic acids is 1. The molecule has 1 aromatic carbocycles. The van der Waals surface area contributed by atoms with Crippen molar-refractivity contribution in [3.8, 4) is 5.75 Å². The molecule has 0 saturated heterocycles. The fraction of sp³-hybridized carbons (Fsp3) is 0.476. The van der Waals surface area contributed by atoms with Crippen LogP contribution in [-0.4, -0.2) is 45.9 Å². The Labute approximate surface area is 171 Å². The Morgan fingerprint density at radius 2 is 2.07 bits per heavy atom. The number of aromatic carboxylic acids is 1. The summed E-state index contributed by atoms with van der Waals surface area (Å²) in [5, 5.41) is 22.0. The van der Waals surface area contributed by atoms with Crippen molar-refractivity contribution in [3.05, 3.63) is 40.6 Å². The van der Waals surface area contributed by atoms with E-state index in [4.69, 9.17) is 10.5 Å². The van der Waals surface area contributed by atoms with Gasteiger partial charge in [-0.1, -0.05) is 25.8 Å². The molecule has 1 aromatic heterocycles. The van der Waals surface area contributed by atoms with Crippen LogP contribution < -0.4 is 15.8 Å². The summed E-state index contributed by atoms with van der Waals surface area (Å²) in [7, 11) is 1.51. The molecule has 0 spiro atoms. The van der Waals surface area contributed by atoms with Crippen LogP contribution in [-0.2, 0) is 6.42 Å². The maximum absolute atomic E-state index is 11.2. The van der Waals surface area contributed by atoms with Crippen LogP contribution in [0.1, 0.15) is 59.8 Å². The summed E-state index contributed by atoms with van der Waals surface area (Å²) in [6, 6.07) is 4.87. The third-order valence-corrected chi connectivity index (χ3v) is 4.86. The Morgan fingerprint density at radius 3 is 2.69 bits per heavy atom. The fourth-order valence-electron chi connectivity index (χ4n) is 3.25. The minimum atomic E-state index is -1.01. The number of unbranched alkanes of at least 4 members (excludes halogenated alkanes) is 1. The number of ether oxygens (including phenoxy) is 1. The number of nitrogen functional groups attached to an aromatic ring is 1. The molecule has 29 heavy (non-hydrogen) atoms. The van der Waals surface area contributed by atoms with Crippen LogP contribution in [0, 0.1) is 6.92 Å². The van der Waals surface area contributed by atoms with Gasteiger partial charge in [0.15, 0.2) is 0 Å². The first-order chi connectivity index (χ1) is 13.9. The molecule has 0 fully saturated rings. The number of rotatable bonds is 11. The van der Waals surface area contributed by atoms with Crippen LogP contribution >= 0.6 is 0 Å². The Kier molecular flexibility index (Phi) is 8.21. The lowest BCUT2D eigenvalue weighted by atomic mass is 10.0. The number of aliphatic hydroxyl groups excluding tert-OH is 1. The predicted molar refractivity (Wildman–Crippen MR) is 113 cm³/mol. The number of nitrogens with zero attached hydrogens (tertiary/aromatic N) is 2. The molecule has 0 radical (unpaired) electrons. The van der Waals surface area contributed by atoms with Gasteiger partial charge in [0.1, 0.15) is 11.6 Å². The zero-order valence-corrected chi connectivity index (χ0v) is 17.2. The molecule has 1 heterocycles. The molecule has 0 amide bonds. The van der Waals surface area contributed by atoms with Crippen molar-refractivity contribution < 1.29 is 19.7 Å². The molecule has 5 N–H and O–H groups in total. The second kappa shape index (κ2) is 10.6. The Bertz CT molecular complexity index is 842. The van der Waals surface area contributed by atoms with Crippen molar-refractivity contribution in [3.63, 3.8) is 0 Å². The van der Waals surface area contributed by atoms with Gasteiger partial charge in [-0.15, -0.1) is 0 Å². The molecule has 0 aliphatic heterocycles. The summed E-state index contributed by atoms with van der Waals surface area (Å²) in [4.78, 5) is 19.9. The number of aryl methyl sites for hydroxylation is 1. The molecule has 0 aliphatic rings. The van der Waals surface area contributed by atoms with Crippen molar-refractivity contribution >= 4 is 17.7 Å². The highest BCUT2D eigenvalue weighted by atomic mass is 16.5. The highest BCUT2D eigenvalue weighted by molar-refractivity contribution is 5.88. The van der Waals surface area contributed by atoms with Gasteiger partial charge in [0.2, 0.25) is 5.95 Å². The van der Waals surface area contributed by atoms with E-state index >= 15 is 0 Å². The van der Waals surface area contributed by atoms with Gasteiger partial charge in [-0.2, -0.15) is 4.98 Å². The molecule has 0 bridgehead atoms. The van der Waals surface area contributed by atoms with E-state index in [-0.39, 0.29) is 24.2 Å². The summed E-state index contributed by atoms with van der Waals surface area (Å²) in [6.45, 7) is 4.08. The first-order valence-corrected chi connectivity index (χ1v) is 9.80. The third kappa shape index (κ3) is 6.05. The molecular weight excluding hydrogens is 372 g/mol. The molecule has 1 atom stereocenters. The Balaban J connectivity index is 2.39. The quantitative estimate of drug-likeness (QED) is 0.451. The zero-order chi connectivity index (χ0) is 21.4. The number of hydrogen-bond acceptors (Lipinski definition) is 7. The first-order valence-electron chi connectivity index (χ1n) is 9.80. The van der Waals surface area contributed by atoms with E-state index in [0.717, 1.165) is 36.1 Å². The number of methoxy groups -OCH3 is 1. The van der Waals surface area contributed by atoms with Crippen molar-refractivity contribution in [2.45, 2.75) is 52.0 Å². The predicted octanol–water partition coefficient (Wildman–Crippen LogP) is 3.02. The maximum Gasteiger partial charge on any atom is 0.335 e. The van der Waals surface area contributed by atoms with Crippen LogP contribution in [0.5, 0.6) is 5.75 Å². The Morgan fingerprint density at radius 1 is 1.31 bits per heavy atom. The van der Waals surface area contributed by atoms with E-state index in [0.29, 0.717) is 24.4 Å². The van der Waals surface area contributed by atoms with E-state index < -0.39 is 5.97 Å². The van der Waals surface area contributed by atoms with E-state index in [1.54, 1.807) is 12.1 Å². The van der Waals surface area contributed by atoms with E-state index in [1.807, 2.05) is 6.92 Å². The molecule has 0 saturated carbocycles. The summed E-state index contributed by atoms with van der Waals surface area (Å²) >= 11 is 0. The number of carbonyl (C=O) groups is 1. The van der Waals surface area contributed by atoms with Crippen LogP contribution in [0.2, 0.25) is 0 Å². The zero-order valence-electron chi connectivity index (χ0n) is 17.2. The SMILES string of the molecule is CCCCC(CCO)Nc1nc(N)nc(C)c1Cc1ccc(C(=O)O)cc1OC. The molecule has 0 aliphatic carbocycles. The number of nitrogens with two attached hydrogens (primary N) is 1. The molecule has 8 nitrogen and oxygen atoms in total. The average Bonchev–Trinajstić information content (AvgIpc) is 2.68. The smallest absolute Gasteiger partial charge is 0.335 e.